The molecule has 2 rings (SSSR count). The Morgan fingerprint density at radius 2 is 2.05 bits per heavy atom. The Morgan fingerprint density at radius 3 is 2.86 bits per heavy atom. The number of fused-ring (bicyclic) bond motifs is 1. The summed E-state index contributed by atoms with van der Waals surface area (Å²) in [5.74, 6) is 1.46. The van der Waals surface area contributed by atoms with Crippen molar-refractivity contribution in [2.45, 2.75) is 25.9 Å². The van der Waals surface area contributed by atoms with Crippen LogP contribution in [0.3, 0.4) is 0 Å². The van der Waals surface area contributed by atoms with E-state index < -0.39 is 6.10 Å². The molecule has 0 saturated heterocycles. The van der Waals surface area contributed by atoms with Gasteiger partial charge in [-0.2, -0.15) is 0 Å². The van der Waals surface area contributed by atoms with Gasteiger partial charge in [0.15, 0.2) is 11.5 Å². The summed E-state index contributed by atoms with van der Waals surface area (Å²) in [4.78, 5) is 0. The van der Waals surface area contributed by atoms with Gasteiger partial charge in [-0.05, 0) is 37.1 Å². The Kier molecular flexibility index (Phi) is 6.79. The number of hydrogen-bond acceptors (Lipinski definition) is 5. The van der Waals surface area contributed by atoms with E-state index in [1.54, 1.807) is 0 Å². The summed E-state index contributed by atoms with van der Waals surface area (Å²) >= 11 is 0. The van der Waals surface area contributed by atoms with Crippen LogP contribution in [0.2, 0.25) is 0 Å². The molecule has 1 atom stereocenters. The summed E-state index contributed by atoms with van der Waals surface area (Å²) in [5, 5.41) is 13.4. The van der Waals surface area contributed by atoms with E-state index >= 15 is 0 Å². The average molecular weight is 295 g/mol. The van der Waals surface area contributed by atoms with Crippen LogP contribution in [-0.2, 0) is 4.74 Å². The lowest BCUT2D eigenvalue weighted by Gasteiger charge is -2.20. The van der Waals surface area contributed by atoms with Gasteiger partial charge in [-0.3, -0.25) is 0 Å². The molecule has 5 heteroatoms. The molecule has 0 amide bonds. The molecule has 0 saturated carbocycles. The maximum atomic E-state index is 10.2. The molecule has 2 N–H and O–H groups in total. The van der Waals surface area contributed by atoms with Gasteiger partial charge in [0, 0.05) is 19.8 Å². The Hall–Kier alpha value is -1.30. The molecule has 0 aliphatic carbocycles. The molecular weight excluding hydrogens is 270 g/mol. The van der Waals surface area contributed by atoms with E-state index in [9.17, 15) is 5.11 Å². The molecule has 0 radical (unpaired) electrons. The molecule has 1 aromatic carbocycles. The van der Waals surface area contributed by atoms with Gasteiger partial charge in [-0.25, -0.2) is 0 Å². The number of benzene rings is 1. The second kappa shape index (κ2) is 8.87. The molecule has 0 bridgehead atoms. The Balaban J connectivity index is 1.69. The lowest BCUT2D eigenvalue weighted by Crippen LogP contribution is -2.23. The van der Waals surface area contributed by atoms with Crippen LogP contribution >= 0.6 is 0 Å². The van der Waals surface area contributed by atoms with Crippen LogP contribution in [0.5, 0.6) is 11.5 Å². The van der Waals surface area contributed by atoms with Gasteiger partial charge in [0.05, 0.1) is 6.10 Å². The standard InChI is InChI=1S/C16H25NO4/c1-2-7-19-8-3-6-17-12-14(18)13-4-5-15-16(11-13)21-10-9-20-15/h4-5,11,14,17-18H,2-3,6-10,12H2,1H3. The number of nitrogens with one attached hydrogen (secondary N) is 1. The van der Waals surface area contributed by atoms with Gasteiger partial charge in [0.25, 0.3) is 0 Å². The van der Waals surface area contributed by atoms with Crippen molar-refractivity contribution in [3.63, 3.8) is 0 Å². The summed E-state index contributed by atoms with van der Waals surface area (Å²) in [6, 6.07) is 5.58. The number of rotatable bonds is 9. The average Bonchev–Trinajstić information content (AvgIpc) is 2.53. The Morgan fingerprint density at radius 1 is 1.24 bits per heavy atom. The minimum absolute atomic E-state index is 0.521. The molecule has 1 unspecified atom stereocenters. The molecule has 5 nitrogen and oxygen atoms in total. The predicted molar refractivity (Wildman–Crippen MR) is 81.0 cm³/mol. The van der Waals surface area contributed by atoms with E-state index in [4.69, 9.17) is 14.2 Å². The third-order valence-corrected chi connectivity index (χ3v) is 3.28. The van der Waals surface area contributed by atoms with Crippen LogP contribution < -0.4 is 14.8 Å². The summed E-state index contributed by atoms with van der Waals surface area (Å²) in [6.45, 7) is 6.18. The van der Waals surface area contributed by atoms with Crippen molar-refractivity contribution in [3.8, 4) is 11.5 Å². The van der Waals surface area contributed by atoms with Crippen molar-refractivity contribution in [2.24, 2.45) is 0 Å². The van der Waals surface area contributed by atoms with E-state index in [2.05, 4.69) is 12.2 Å². The third-order valence-electron chi connectivity index (χ3n) is 3.28. The molecule has 118 valence electrons. The summed E-state index contributed by atoms with van der Waals surface area (Å²) in [7, 11) is 0. The summed E-state index contributed by atoms with van der Waals surface area (Å²) < 4.78 is 16.4. The van der Waals surface area contributed by atoms with Crippen LogP contribution in [0, 0.1) is 0 Å². The molecule has 0 spiro atoms. The monoisotopic (exact) mass is 295 g/mol. The van der Waals surface area contributed by atoms with Crippen molar-refractivity contribution in [1.82, 2.24) is 5.32 Å². The van der Waals surface area contributed by atoms with Gasteiger partial charge in [-0.1, -0.05) is 13.0 Å². The smallest absolute Gasteiger partial charge is 0.161 e. The fraction of sp³-hybridized carbons (Fsp3) is 0.625. The maximum Gasteiger partial charge on any atom is 0.161 e. The van der Waals surface area contributed by atoms with E-state index in [0.717, 1.165) is 43.9 Å². The second-order valence-corrected chi connectivity index (χ2v) is 5.09. The molecule has 1 aromatic rings. The highest BCUT2D eigenvalue weighted by molar-refractivity contribution is 5.44. The van der Waals surface area contributed by atoms with Crippen LogP contribution in [-0.4, -0.2) is 44.6 Å². The number of hydrogen-bond donors (Lipinski definition) is 2. The molecule has 0 fully saturated rings. The first-order valence-corrected chi connectivity index (χ1v) is 7.67. The Labute approximate surface area is 126 Å². The first kappa shape index (κ1) is 16.1. The fourth-order valence-corrected chi connectivity index (χ4v) is 2.17. The van der Waals surface area contributed by atoms with Crippen molar-refractivity contribution < 1.29 is 19.3 Å². The first-order valence-electron chi connectivity index (χ1n) is 7.67. The van der Waals surface area contributed by atoms with Gasteiger partial charge in [-0.15, -0.1) is 0 Å². The second-order valence-electron chi connectivity index (χ2n) is 5.09. The topological polar surface area (TPSA) is 60.0 Å². The maximum absolute atomic E-state index is 10.2. The third kappa shape index (κ3) is 5.19. The van der Waals surface area contributed by atoms with Crippen LogP contribution in [0.4, 0.5) is 0 Å². The molecule has 21 heavy (non-hydrogen) atoms. The lowest BCUT2D eigenvalue weighted by atomic mass is 10.1. The van der Waals surface area contributed by atoms with Crippen molar-refractivity contribution in [1.29, 1.82) is 0 Å². The number of aliphatic hydroxyl groups excluding tert-OH is 1. The largest absolute Gasteiger partial charge is 0.486 e. The van der Waals surface area contributed by atoms with E-state index in [-0.39, 0.29) is 0 Å². The molecular formula is C16H25NO4. The highest BCUT2D eigenvalue weighted by Crippen LogP contribution is 2.32. The Bertz CT molecular complexity index is 425. The summed E-state index contributed by atoms with van der Waals surface area (Å²) in [5.41, 5.74) is 0.842. The molecule has 1 aliphatic heterocycles. The highest BCUT2D eigenvalue weighted by Gasteiger charge is 2.15. The lowest BCUT2D eigenvalue weighted by molar-refractivity contribution is 0.129. The zero-order chi connectivity index (χ0) is 14.9. The van der Waals surface area contributed by atoms with Gasteiger partial charge >= 0.3 is 0 Å². The zero-order valence-electron chi connectivity index (χ0n) is 12.6. The van der Waals surface area contributed by atoms with Crippen LogP contribution in [0.15, 0.2) is 18.2 Å². The minimum Gasteiger partial charge on any atom is -0.486 e. The van der Waals surface area contributed by atoms with Crippen molar-refractivity contribution >= 4 is 0 Å². The fourth-order valence-electron chi connectivity index (χ4n) is 2.17. The van der Waals surface area contributed by atoms with Gasteiger partial charge in [0.2, 0.25) is 0 Å². The van der Waals surface area contributed by atoms with Crippen molar-refractivity contribution in [3.05, 3.63) is 23.8 Å². The number of ether oxygens (including phenoxy) is 3. The quantitative estimate of drug-likeness (QED) is 0.681. The molecule has 1 heterocycles. The van der Waals surface area contributed by atoms with Gasteiger partial charge in [0.1, 0.15) is 13.2 Å². The van der Waals surface area contributed by atoms with E-state index in [0.29, 0.717) is 25.5 Å². The minimum atomic E-state index is -0.544. The van der Waals surface area contributed by atoms with Crippen LogP contribution in [0.1, 0.15) is 31.4 Å². The highest BCUT2D eigenvalue weighted by atomic mass is 16.6. The van der Waals surface area contributed by atoms with Crippen molar-refractivity contribution in [2.75, 3.05) is 39.5 Å². The van der Waals surface area contributed by atoms with Crippen LogP contribution in [0.25, 0.3) is 0 Å². The normalized spacial score (nSPS) is 15.0. The SMILES string of the molecule is CCCOCCCNCC(O)c1ccc2c(c1)OCCO2. The van der Waals surface area contributed by atoms with E-state index in [1.807, 2.05) is 18.2 Å². The first-order chi connectivity index (χ1) is 10.3. The zero-order valence-corrected chi connectivity index (χ0v) is 12.6. The van der Waals surface area contributed by atoms with E-state index in [1.165, 1.54) is 0 Å². The molecule has 1 aliphatic rings. The summed E-state index contributed by atoms with van der Waals surface area (Å²) in [6.07, 6.45) is 1.46. The van der Waals surface area contributed by atoms with Gasteiger partial charge < -0.3 is 24.6 Å². The molecule has 0 aromatic heterocycles. The predicted octanol–water partition coefficient (Wildman–Crippen LogP) is 1.90. The number of aliphatic hydroxyl groups is 1.